The Morgan fingerprint density at radius 2 is 1.90 bits per heavy atom. The Balaban J connectivity index is 2.36. The molecule has 0 amide bonds. The average Bonchev–Trinajstić information content (AvgIpc) is 2.43. The number of hydrogen-bond acceptors (Lipinski definition) is 1. The van der Waals surface area contributed by atoms with Gasteiger partial charge in [-0.2, -0.15) is 0 Å². The molecule has 0 saturated heterocycles. The molecule has 0 fully saturated rings. The fraction of sp³-hybridized carbons (Fsp3) is 0.250. The summed E-state index contributed by atoms with van der Waals surface area (Å²) in [6.45, 7) is 4.75. The van der Waals surface area contributed by atoms with Crippen molar-refractivity contribution in [2.75, 3.05) is 6.61 Å². The Morgan fingerprint density at radius 3 is 2.55 bits per heavy atom. The molecule has 2 rings (SSSR count). The van der Waals surface area contributed by atoms with E-state index in [2.05, 4.69) is 85.0 Å². The Hall–Kier alpha value is -0.320. The number of rotatable bonds is 4. The van der Waals surface area contributed by atoms with Crippen LogP contribution in [0.15, 0.2) is 45.3 Å². The fourth-order valence-electron chi connectivity index (χ4n) is 1.99. The summed E-state index contributed by atoms with van der Waals surface area (Å²) in [5.74, 6) is 0.874. The molecule has 1 unspecified atom stereocenters. The van der Waals surface area contributed by atoms with Crippen molar-refractivity contribution < 1.29 is 4.74 Å². The molecule has 0 spiro atoms. The first kappa shape index (κ1) is 16.1. The molecule has 0 aromatic heterocycles. The van der Waals surface area contributed by atoms with E-state index in [0.717, 1.165) is 14.7 Å². The van der Waals surface area contributed by atoms with Crippen molar-refractivity contribution in [3.63, 3.8) is 0 Å². The molecule has 1 nitrogen and oxygen atoms in total. The van der Waals surface area contributed by atoms with Crippen molar-refractivity contribution in [1.82, 2.24) is 0 Å². The van der Waals surface area contributed by atoms with Crippen molar-refractivity contribution >= 4 is 47.8 Å². The van der Waals surface area contributed by atoms with Gasteiger partial charge in [0, 0.05) is 4.47 Å². The largest absolute Gasteiger partial charge is 0.493 e. The molecule has 0 saturated carbocycles. The van der Waals surface area contributed by atoms with E-state index in [9.17, 15) is 0 Å². The minimum absolute atomic E-state index is 0.142. The maximum absolute atomic E-state index is 5.55. The van der Waals surface area contributed by atoms with Crippen LogP contribution in [0, 0.1) is 6.92 Å². The predicted molar refractivity (Wildman–Crippen MR) is 95.0 cm³/mol. The first-order valence-electron chi connectivity index (χ1n) is 6.36. The van der Waals surface area contributed by atoms with Gasteiger partial charge in [0.2, 0.25) is 0 Å². The molecule has 4 heteroatoms. The lowest BCUT2D eigenvalue weighted by Gasteiger charge is -2.15. The summed E-state index contributed by atoms with van der Waals surface area (Å²) in [6, 6.07) is 12.5. The number of hydrogen-bond donors (Lipinski definition) is 0. The summed E-state index contributed by atoms with van der Waals surface area (Å²) in [6.07, 6.45) is 0. The van der Waals surface area contributed by atoms with E-state index < -0.39 is 0 Å². The Morgan fingerprint density at radius 1 is 1.15 bits per heavy atom. The topological polar surface area (TPSA) is 9.23 Å². The molecule has 0 radical (unpaired) electrons. The van der Waals surface area contributed by atoms with E-state index in [0.29, 0.717) is 6.61 Å². The maximum Gasteiger partial charge on any atom is 0.133 e. The van der Waals surface area contributed by atoms with Gasteiger partial charge in [0.25, 0.3) is 0 Å². The molecule has 0 heterocycles. The van der Waals surface area contributed by atoms with Crippen LogP contribution in [0.25, 0.3) is 0 Å². The molecule has 0 aliphatic rings. The lowest BCUT2D eigenvalue weighted by atomic mass is 10.0. The second-order valence-electron chi connectivity index (χ2n) is 4.46. The van der Waals surface area contributed by atoms with Crippen LogP contribution in [0.5, 0.6) is 5.75 Å². The van der Waals surface area contributed by atoms with Crippen molar-refractivity contribution in [3.05, 3.63) is 62.0 Å². The Labute approximate surface area is 145 Å². The molecular formula is C16H15Br3O. The normalized spacial score (nSPS) is 12.2. The van der Waals surface area contributed by atoms with Crippen LogP contribution in [0.2, 0.25) is 0 Å². The molecule has 0 aliphatic heterocycles. The van der Waals surface area contributed by atoms with Crippen molar-refractivity contribution in [2.24, 2.45) is 0 Å². The van der Waals surface area contributed by atoms with Gasteiger partial charge in [0.1, 0.15) is 5.75 Å². The number of aryl methyl sites for hydroxylation is 1. The highest BCUT2D eigenvalue weighted by Gasteiger charge is 2.15. The molecule has 0 N–H and O–H groups in total. The molecule has 2 aromatic carbocycles. The molecule has 1 atom stereocenters. The minimum Gasteiger partial charge on any atom is -0.493 e. The van der Waals surface area contributed by atoms with Crippen LogP contribution in [0.3, 0.4) is 0 Å². The third-order valence-electron chi connectivity index (χ3n) is 3.04. The van der Waals surface area contributed by atoms with Gasteiger partial charge in [-0.25, -0.2) is 0 Å². The highest BCUT2D eigenvalue weighted by Crippen LogP contribution is 2.39. The van der Waals surface area contributed by atoms with Gasteiger partial charge in [0.05, 0.1) is 15.9 Å². The lowest BCUT2D eigenvalue weighted by molar-refractivity contribution is 0.338. The molecule has 0 bridgehead atoms. The van der Waals surface area contributed by atoms with Crippen molar-refractivity contribution in [3.8, 4) is 5.75 Å². The van der Waals surface area contributed by atoms with E-state index in [-0.39, 0.29) is 4.83 Å². The van der Waals surface area contributed by atoms with Gasteiger partial charge >= 0.3 is 0 Å². The third-order valence-corrected chi connectivity index (χ3v) is 5.77. The predicted octanol–water partition coefficient (Wildman–Crippen LogP) is 6.40. The summed E-state index contributed by atoms with van der Waals surface area (Å²) < 4.78 is 7.67. The molecule has 106 valence electrons. The van der Waals surface area contributed by atoms with Gasteiger partial charge in [-0.1, -0.05) is 56.1 Å². The zero-order valence-electron chi connectivity index (χ0n) is 11.3. The summed E-state index contributed by atoms with van der Waals surface area (Å²) in [5, 5.41) is 0. The Bertz CT molecular complexity index is 611. The average molecular weight is 463 g/mol. The fourth-order valence-corrected chi connectivity index (χ4v) is 3.97. The highest BCUT2D eigenvalue weighted by molar-refractivity contribution is 9.11. The van der Waals surface area contributed by atoms with E-state index in [1.54, 1.807) is 0 Å². The molecule has 2 aromatic rings. The zero-order valence-corrected chi connectivity index (χ0v) is 16.0. The van der Waals surface area contributed by atoms with Gasteiger partial charge in [-0.3, -0.25) is 0 Å². The van der Waals surface area contributed by atoms with Crippen molar-refractivity contribution in [1.29, 1.82) is 0 Å². The summed E-state index contributed by atoms with van der Waals surface area (Å²) >= 11 is 11.0. The Kier molecular flexibility index (Phi) is 5.70. The van der Waals surface area contributed by atoms with Gasteiger partial charge in [-0.15, -0.1) is 0 Å². The lowest BCUT2D eigenvalue weighted by Crippen LogP contribution is -1.97. The smallest absolute Gasteiger partial charge is 0.133 e. The van der Waals surface area contributed by atoms with Crippen LogP contribution in [0.1, 0.15) is 28.4 Å². The maximum atomic E-state index is 5.55. The number of alkyl halides is 1. The number of ether oxygens (including phenoxy) is 1. The zero-order chi connectivity index (χ0) is 14.7. The van der Waals surface area contributed by atoms with Gasteiger partial charge in [-0.05, 0) is 58.6 Å². The van der Waals surface area contributed by atoms with E-state index in [4.69, 9.17) is 4.74 Å². The molecule has 20 heavy (non-hydrogen) atoms. The monoisotopic (exact) mass is 460 g/mol. The van der Waals surface area contributed by atoms with E-state index in [1.807, 2.05) is 13.0 Å². The second-order valence-corrected chi connectivity index (χ2v) is 7.03. The molecule has 0 aliphatic carbocycles. The molecular weight excluding hydrogens is 448 g/mol. The number of halogens is 3. The summed E-state index contributed by atoms with van der Waals surface area (Å²) in [7, 11) is 0. The van der Waals surface area contributed by atoms with Crippen LogP contribution in [0.4, 0.5) is 0 Å². The van der Waals surface area contributed by atoms with Gasteiger partial charge < -0.3 is 4.74 Å². The van der Waals surface area contributed by atoms with E-state index in [1.165, 1.54) is 16.7 Å². The van der Waals surface area contributed by atoms with Gasteiger partial charge in [0.15, 0.2) is 0 Å². The second kappa shape index (κ2) is 7.10. The standard InChI is InChI=1S/C16H15Br3O/c1-3-20-14-8-7-11(9-13(14)17)16(19)12-6-4-5-10(2)15(12)18/h4-9,16H,3H2,1-2H3. The first-order chi connectivity index (χ1) is 9.54. The van der Waals surface area contributed by atoms with Crippen molar-refractivity contribution in [2.45, 2.75) is 18.7 Å². The third kappa shape index (κ3) is 3.46. The summed E-state index contributed by atoms with van der Waals surface area (Å²) in [4.78, 5) is 0.142. The minimum atomic E-state index is 0.142. The quantitative estimate of drug-likeness (QED) is 0.477. The van der Waals surface area contributed by atoms with E-state index >= 15 is 0 Å². The van der Waals surface area contributed by atoms with Crippen LogP contribution < -0.4 is 4.74 Å². The number of benzene rings is 2. The van der Waals surface area contributed by atoms with Crippen LogP contribution in [-0.4, -0.2) is 6.61 Å². The summed E-state index contributed by atoms with van der Waals surface area (Å²) in [5.41, 5.74) is 3.64. The highest BCUT2D eigenvalue weighted by atomic mass is 79.9. The van der Waals surface area contributed by atoms with Crippen LogP contribution >= 0.6 is 47.8 Å². The first-order valence-corrected chi connectivity index (χ1v) is 8.86. The van der Waals surface area contributed by atoms with Crippen LogP contribution in [-0.2, 0) is 0 Å². The SMILES string of the molecule is CCOc1ccc(C(Br)c2cccc(C)c2Br)cc1Br.